The van der Waals surface area contributed by atoms with Gasteiger partial charge in [-0.15, -0.1) is 0 Å². The van der Waals surface area contributed by atoms with Crippen molar-refractivity contribution >= 4 is 52.0 Å². The highest BCUT2D eigenvalue weighted by molar-refractivity contribution is 6.30. The number of carboxylic acids is 1. The van der Waals surface area contributed by atoms with Crippen LogP contribution in [0.4, 0.5) is 32.2 Å². The number of rotatable bonds is 12. The van der Waals surface area contributed by atoms with Gasteiger partial charge in [-0.05, 0) is 80.8 Å². The Labute approximate surface area is 326 Å². The third kappa shape index (κ3) is 11.3. The van der Waals surface area contributed by atoms with Gasteiger partial charge in [0, 0.05) is 48.6 Å². The number of aromatic nitrogens is 4. The molecule has 4 heterocycles. The molecule has 0 bridgehead atoms. The Morgan fingerprint density at radius 3 is 1.79 bits per heavy atom. The summed E-state index contributed by atoms with van der Waals surface area (Å²) in [5.74, 6) is -4.02. The fourth-order valence-corrected chi connectivity index (χ4v) is 5.32. The molecule has 4 N–H and O–H groups in total. The molecule has 0 aliphatic rings. The van der Waals surface area contributed by atoms with Gasteiger partial charge in [0.15, 0.2) is 11.3 Å². The Bertz CT molecular complexity index is 2310. The minimum absolute atomic E-state index is 0.152. The normalized spacial score (nSPS) is 11.6. The summed E-state index contributed by atoms with van der Waals surface area (Å²) in [6.45, 7) is 3.90. The number of nitrogens with zero attached hydrogens (tertiary/aromatic N) is 4. The standard InChI is InChI=1S/C26H23ClF3N5O2.C12H13F3N2O3/c1-26(2,30)25(37)33-12-14-7-18(22(23(28)29)32-11-14)24(36)34-21-10-16-9-19(35(3)20(16)13-31-21)15-5-4-6-17(27)8-15;1-12(2,15)11(20)17-5-6-3-7(10(18)19)8(9(13)14)16-4-6/h4-11,13,23H,12H2,1-3H3,(H,33,37)(H,31,34,36);3-4,9H,5H2,1-2H3,(H,17,20)(H,18,19). The van der Waals surface area contributed by atoms with E-state index in [1.54, 1.807) is 18.3 Å². The van der Waals surface area contributed by atoms with Crippen molar-refractivity contribution in [2.75, 3.05) is 5.32 Å². The van der Waals surface area contributed by atoms with E-state index in [0.29, 0.717) is 5.02 Å². The Morgan fingerprint density at radius 2 is 1.30 bits per heavy atom. The van der Waals surface area contributed by atoms with E-state index >= 15 is 0 Å². The molecule has 0 spiro atoms. The number of anilines is 1. The molecule has 4 aromatic heterocycles. The van der Waals surface area contributed by atoms with Crippen molar-refractivity contribution in [3.05, 3.63) is 106 Å². The number of hydrogen-bond acceptors (Lipinski definition) is 7. The third-order valence-electron chi connectivity index (χ3n) is 8.12. The second-order valence-electron chi connectivity index (χ2n) is 13.5. The topological polar surface area (TPSA) is 168 Å². The summed E-state index contributed by atoms with van der Waals surface area (Å²) in [6, 6.07) is 13.1. The summed E-state index contributed by atoms with van der Waals surface area (Å²) in [5, 5.41) is 17.3. The smallest absolute Gasteiger partial charge is 0.337 e. The van der Waals surface area contributed by atoms with Gasteiger partial charge in [0.2, 0.25) is 0 Å². The van der Waals surface area contributed by atoms with E-state index in [1.165, 1.54) is 6.07 Å². The summed E-state index contributed by atoms with van der Waals surface area (Å²) < 4.78 is 81.2. The zero-order valence-electron chi connectivity index (χ0n) is 30.9. The molecule has 0 atom stereocenters. The van der Waals surface area contributed by atoms with Gasteiger partial charge in [-0.25, -0.2) is 36.1 Å². The number of aromatic carboxylic acids is 1. The first-order valence-electron chi connectivity index (χ1n) is 16.8. The summed E-state index contributed by atoms with van der Waals surface area (Å²) in [7, 11) is 1.87. The van der Waals surface area contributed by atoms with Gasteiger partial charge in [0.05, 0.1) is 22.8 Å². The highest BCUT2D eigenvalue weighted by Gasteiger charge is 2.28. The van der Waals surface area contributed by atoms with E-state index in [9.17, 15) is 45.5 Å². The SMILES string of the molecule is CC(C)(F)C(=O)NCc1cnc(C(F)F)c(C(=O)O)c1.Cn1c(-c2cccc(Cl)c2)cc2cc(NC(=O)c3cc(CNC(=O)C(C)(C)F)cnc3C(F)F)ncc21. The van der Waals surface area contributed by atoms with Crippen molar-refractivity contribution in [1.29, 1.82) is 0 Å². The van der Waals surface area contributed by atoms with Crippen LogP contribution in [0.2, 0.25) is 5.02 Å². The van der Waals surface area contributed by atoms with E-state index < -0.39 is 64.8 Å². The minimum Gasteiger partial charge on any atom is -0.478 e. The van der Waals surface area contributed by atoms with Gasteiger partial charge in [-0.3, -0.25) is 24.4 Å². The van der Waals surface area contributed by atoms with E-state index in [2.05, 4.69) is 30.9 Å². The van der Waals surface area contributed by atoms with E-state index in [1.807, 2.05) is 35.9 Å². The lowest BCUT2D eigenvalue weighted by Crippen LogP contribution is -2.38. The van der Waals surface area contributed by atoms with Crippen molar-refractivity contribution in [2.24, 2.45) is 7.05 Å². The molecule has 0 saturated carbocycles. The molecular weight excluding hydrogens is 784 g/mol. The van der Waals surface area contributed by atoms with Crippen LogP contribution in [-0.2, 0) is 29.7 Å². The molecule has 5 rings (SSSR count). The minimum atomic E-state index is -3.02. The maximum Gasteiger partial charge on any atom is 0.337 e. The van der Waals surface area contributed by atoms with Gasteiger partial charge in [0.1, 0.15) is 17.2 Å². The molecule has 57 heavy (non-hydrogen) atoms. The van der Waals surface area contributed by atoms with Crippen molar-refractivity contribution in [1.82, 2.24) is 30.2 Å². The number of carbonyl (C=O) groups is 4. The predicted molar refractivity (Wildman–Crippen MR) is 199 cm³/mol. The molecule has 1 aromatic carbocycles. The fraction of sp³-hybridized carbons (Fsp3) is 0.289. The van der Waals surface area contributed by atoms with Crippen LogP contribution in [0.1, 0.15) is 83.8 Å². The molecule has 19 heteroatoms. The predicted octanol–water partition coefficient (Wildman–Crippen LogP) is 7.92. The molecule has 0 unspecified atom stereocenters. The number of benzene rings is 1. The number of hydrogen-bond donors (Lipinski definition) is 4. The molecule has 0 aliphatic heterocycles. The summed E-state index contributed by atoms with van der Waals surface area (Å²) >= 11 is 6.12. The maximum absolute atomic E-state index is 13.8. The first kappa shape index (κ1) is 43.7. The van der Waals surface area contributed by atoms with Crippen LogP contribution >= 0.6 is 11.6 Å². The van der Waals surface area contributed by atoms with Crippen LogP contribution in [0.25, 0.3) is 22.2 Å². The van der Waals surface area contributed by atoms with Crippen LogP contribution in [0.5, 0.6) is 0 Å². The second-order valence-corrected chi connectivity index (χ2v) is 13.9. The van der Waals surface area contributed by atoms with Crippen LogP contribution in [0, 0.1) is 0 Å². The van der Waals surface area contributed by atoms with Gasteiger partial charge in [-0.1, -0.05) is 23.7 Å². The van der Waals surface area contributed by atoms with Crippen molar-refractivity contribution in [2.45, 2.75) is 65.0 Å². The lowest BCUT2D eigenvalue weighted by atomic mass is 10.1. The summed E-state index contributed by atoms with van der Waals surface area (Å²) in [5.41, 5.74) is -3.81. The highest BCUT2D eigenvalue weighted by atomic mass is 35.5. The number of carboxylic acid groups (broad SMARTS) is 1. The lowest BCUT2D eigenvalue weighted by Gasteiger charge is -2.15. The number of alkyl halides is 6. The Balaban J connectivity index is 0.000000305. The highest BCUT2D eigenvalue weighted by Crippen LogP contribution is 2.30. The van der Waals surface area contributed by atoms with Crippen LogP contribution in [0.3, 0.4) is 0 Å². The number of aryl methyl sites for hydroxylation is 1. The summed E-state index contributed by atoms with van der Waals surface area (Å²) in [6.07, 6.45) is -2.35. The first-order valence-corrected chi connectivity index (χ1v) is 17.2. The molecule has 5 aromatic rings. The van der Waals surface area contributed by atoms with Crippen molar-refractivity contribution < 1.29 is 50.6 Å². The van der Waals surface area contributed by atoms with E-state index in [0.717, 1.165) is 68.3 Å². The molecule has 0 aliphatic carbocycles. The van der Waals surface area contributed by atoms with E-state index in [4.69, 9.17) is 16.7 Å². The quantitative estimate of drug-likeness (QED) is 0.0921. The molecule has 0 radical (unpaired) electrons. The lowest BCUT2D eigenvalue weighted by molar-refractivity contribution is -0.131. The largest absolute Gasteiger partial charge is 0.478 e. The monoisotopic (exact) mass is 819 g/mol. The van der Waals surface area contributed by atoms with Crippen molar-refractivity contribution in [3.8, 4) is 11.3 Å². The average molecular weight is 820 g/mol. The molecule has 3 amide bonds. The summed E-state index contributed by atoms with van der Waals surface area (Å²) in [4.78, 5) is 58.2. The van der Waals surface area contributed by atoms with Crippen LogP contribution in [0.15, 0.2) is 67.1 Å². The van der Waals surface area contributed by atoms with Crippen LogP contribution < -0.4 is 16.0 Å². The number of nitrogens with one attached hydrogen (secondary N) is 3. The van der Waals surface area contributed by atoms with Crippen molar-refractivity contribution in [3.63, 3.8) is 0 Å². The number of amides is 3. The van der Waals surface area contributed by atoms with Crippen LogP contribution in [-0.4, -0.2) is 59.7 Å². The maximum atomic E-state index is 13.8. The van der Waals surface area contributed by atoms with Gasteiger partial charge >= 0.3 is 5.97 Å². The zero-order chi connectivity index (χ0) is 42.4. The third-order valence-corrected chi connectivity index (χ3v) is 8.35. The Morgan fingerprint density at radius 1 is 0.772 bits per heavy atom. The molecular formula is C38H36ClF6N7O5. The number of carbonyl (C=O) groups excluding carboxylic acids is 3. The fourth-order valence-electron chi connectivity index (χ4n) is 5.13. The van der Waals surface area contributed by atoms with E-state index in [-0.39, 0.29) is 35.6 Å². The number of halogens is 7. The number of fused-ring (bicyclic) bond motifs is 1. The molecule has 302 valence electrons. The van der Waals surface area contributed by atoms with Gasteiger partial charge in [0.25, 0.3) is 30.6 Å². The second kappa shape index (κ2) is 17.8. The molecule has 0 saturated heterocycles. The van der Waals surface area contributed by atoms with Gasteiger partial charge in [-0.2, -0.15) is 0 Å². The molecule has 0 fully saturated rings. The Kier molecular flexibility index (Phi) is 13.7. The molecule has 12 nitrogen and oxygen atoms in total. The van der Waals surface area contributed by atoms with Gasteiger partial charge < -0.3 is 25.6 Å². The average Bonchev–Trinajstić information content (AvgIpc) is 3.46. The number of pyridine rings is 3. The zero-order valence-corrected chi connectivity index (χ0v) is 31.7. The first-order chi connectivity index (χ1) is 26.6. The Hall–Kier alpha value is -6.04.